The Morgan fingerprint density at radius 3 is 2.50 bits per heavy atom. The number of halogens is 1. The lowest BCUT2D eigenvalue weighted by Gasteiger charge is -2.50. The van der Waals surface area contributed by atoms with Crippen molar-refractivity contribution in [1.29, 1.82) is 0 Å². The summed E-state index contributed by atoms with van der Waals surface area (Å²) in [6.07, 6.45) is -0.482. The minimum Gasteiger partial charge on any atom is -0.508 e. The zero-order chi connectivity index (χ0) is 29.5. The number of fused-ring (bicyclic) bond motifs is 3. The number of benzene rings is 1. The number of nitrogens with one attached hydrogen (secondary N) is 1. The number of rotatable bonds is 5. The minimum absolute atomic E-state index is 0.127. The molecule has 4 atom stereocenters. The largest absolute Gasteiger partial charge is 0.508 e. The summed E-state index contributed by atoms with van der Waals surface area (Å²) in [7, 11) is -1.31. The first-order valence-corrected chi connectivity index (χ1v) is 14.2. The van der Waals surface area contributed by atoms with Gasteiger partial charge in [-0.2, -0.15) is 0 Å². The molecule has 0 aliphatic heterocycles. The molecule has 0 radical (unpaired) electrons. The van der Waals surface area contributed by atoms with E-state index in [1.54, 1.807) is 0 Å². The molecule has 40 heavy (non-hydrogen) atoms. The molecule has 1 aromatic heterocycles. The van der Waals surface area contributed by atoms with E-state index in [0.717, 1.165) is 17.4 Å². The summed E-state index contributed by atoms with van der Waals surface area (Å²) < 4.78 is 42.7. The van der Waals surface area contributed by atoms with Crippen LogP contribution in [0.3, 0.4) is 0 Å². The third-order valence-corrected chi connectivity index (χ3v) is 10.4. The highest BCUT2D eigenvalue weighted by atomic mass is 32.2. The lowest BCUT2D eigenvalue weighted by molar-refractivity contribution is -0.153. The summed E-state index contributed by atoms with van der Waals surface area (Å²) >= 11 is 0.873. The minimum atomic E-state index is -4.24. The van der Waals surface area contributed by atoms with Gasteiger partial charge in [0.25, 0.3) is 15.9 Å². The molecule has 1 saturated carbocycles. The van der Waals surface area contributed by atoms with Gasteiger partial charge in [0.1, 0.15) is 27.1 Å². The Balaban J connectivity index is 1.68. The normalized spacial score (nSPS) is 26.5. The molecule has 2 aromatic rings. The van der Waals surface area contributed by atoms with Gasteiger partial charge in [0.2, 0.25) is 5.78 Å². The molecule has 1 fully saturated rings. The number of aromatic hydroxyl groups is 1. The van der Waals surface area contributed by atoms with Crippen LogP contribution in [0, 0.1) is 17.7 Å². The Labute approximate surface area is 230 Å². The molecule has 0 unspecified atom stereocenters. The van der Waals surface area contributed by atoms with E-state index in [9.17, 15) is 43.2 Å². The smallest absolute Gasteiger partial charge is 0.271 e. The van der Waals surface area contributed by atoms with Crippen LogP contribution in [-0.2, 0) is 30.8 Å². The fourth-order valence-corrected chi connectivity index (χ4v) is 8.01. The van der Waals surface area contributed by atoms with Crippen molar-refractivity contribution >= 4 is 50.3 Å². The number of carbonyl (C=O) groups is 3. The zero-order valence-electron chi connectivity index (χ0n) is 21.0. The topological polar surface area (TPSA) is 208 Å². The molecular formula is C25H24FN3O9S2. The number of Topliss-reactive ketones (excluding diaryl/α,β-unsaturated/α-hetero) is 2. The number of nitrogens with two attached hydrogens (primary N) is 1. The van der Waals surface area contributed by atoms with Crippen molar-refractivity contribution in [3.8, 4) is 5.75 Å². The number of likely N-dealkylation sites (N-methyl/N-ethyl adjacent to an activating group) is 1. The molecule has 3 aliphatic carbocycles. The van der Waals surface area contributed by atoms with Crippen LogP contribution in [0.4, 0.5) is 10.1 Å². The highest BCUT2D eigenvalue weighted by Crippen LogP contribution is 2.53. The van der Waals surface area contributed by atoms with Crippen LogP contribution in [0.2, 0.25) is 0 Å². The number of primary amides is 1. The van der Waals surface area contributed by atoms with E-state index in [4.69, 9.17) is 5.73 Å². The molecule has 0 saturated heterocycles. The number of aliphatic hydroxyl groups is 3. The van der Waals surface area contributed by atoms with Crippen molar-refractivity contribution in [2.45, 2.75) is 28.7 Å². The Kier molecular flexibility index (Phi) is 6.33. The second-order valence-corrected chi connectivity index (χ2v) is 13.0. The van der Waals surface area contributed by atoms with Crippen molar-refractivity contribution in [2.24, 2.45) is 17.6 Å². The maximum atomic E-state index is 15.4. The number of phenols is 1. The predicted molar refractivity (Wildman–Crippen MR) is 139 cm³/mol. The summed E-state index contributed by atoms with van der Waals surface area (Å²) in [4.78, 5) is 40.3. The molecule has 0 spiro atoms. The van der Waals surface area contributed by atoms with Gasteiger partial charge in [-0.05, 0) is 44.3 Å². The van der Waals surface area contributed by atoms with Crippen molar-refractivity contribution in [3.05, 3.63) is 57.4 Å². The number of hydrogen-bond donors (Lipinski definition) is 6. The van der Waals surface area contributed by atoms with Gasteiger partial charge >= 0.3 is 0 Å². The Morgan fingerprint density at radius 1 is 1.25 bits per heavy atom. The Hall–Kier alpha value is -3.79. The van der Waals surface area contributed by atoms with Crippen molar-refractivity contribution < 1.29 is 47.6 Å². The van der Waals surface area contributed by atoms with Gasteiger partial charge in [-0.25, -0.2) is 12.8 Å². The molecule has 1 heterocycles. The standard InChI is InChI=1S/C25H24FN3O9S2/c1-29(2)18-11-7-9-6-10-12(26)8-13(28-40(37,38)14-4-3-5-39-14)19(30)16(10)20(31)15(9)22(33)25(11,36)23(34)17(21(18)32)24(27)35/h3-5,8-9,11,18,28,30-31,34,36H,6-7H2,1-2H3,(H2,27,35)/t9-,11-,18-,25-/m0/s1. The fraction of sp³-hybridized carbons (Fsp3) is 0.320. The first-order valence-electron chi connectivity index (χ1n) is 11.9. The first kappa shape index (κ1) is 27.8. The highest BCUT2D eigenvalue weighted by Gasteiger charge is 2.64. The molecule has 5 rings (SSSR count). The maximum absolute atomic E-state index is 15.4. The number of carbonyl (C=O) groups excluding carboxylic acids is 3. The first-order chi connectivity index (χ1) is 18.6. The number of sulfonamides is 1. The molecule has 12 nitrogen and oxygen atoms in total. The number of phenolic OH excluding ortho intramolecular Hbond substituents is 1. The van der Waals surface area contributed by atoms with Crippen LogP contribution in [0.1, 0.15) is 17.5 Å². The summed E-state index contributed by atoms with van der Waals surface area (Å²) in [5, 5.41) is 46.1. The van der Waals surface area contributed by atoms with Crippen LogP contribution in [0.5, 0.6) is 5.75 Å². The van der Waals surface area contributed by atoms with Crippen LogP contribution < -0.4 is 10.5 Å². The van der Waals surface area contributed by atoms with Crippen LogP contribution in [-0.4, -0.2) is 77.0 Å². The van der Waals surface area contributed by atoms with Gasteiger partial charge in [0, 0.05) is 23.1 Å². The van der Waals surface area contributed by atoms with Crippen LogP contribution >= 0.6 is 11.3 Å². The van der Waals surface area contributed by atoms with Gasteiger partial charge in [0.15, 0.2) is 17.1 Å². The van der Waals surface area contributed by atoms with Crippen molar-refractivity contribution in [3.63, 3.8) is 0 Å². The molecule has 1 amide bonds. The molecule has 3 aliphatic rings. The third kappa shape index (κ3) is 3.76. The summed E-state index contributed by atoms with van der Waals surface area (Å²) in [5.74, 6) is -9.87. The molecule has 15 heteroatoms. The number of amides is 1. The highest BCUT2D eigenvalue weighted by molar-refractivity contribution is 7.94. The molecule has 1 aromatic carbocycles. The lowest BCUT2D eigenvalue weighted by atomic mass is 9.57. The average molecular weight is 594 g/mol. The summed E-state index contributed by atoms with van der Waals surface area (Å²) in [6, 6.07) is 2.24. The van der Waals surface area contributed by atoms with Crippen molar-refractivity contribution in [1.82, 2.24) is 4.90 Å². The maximum Gasteiger partial charge on any atom is 0.271 e. The van der Waals surface area contributed by atoms with E-state index < -0.39 is 96.5 Å². The van der Waals surface area contributed by atoms with E-state index in [-0.39, 0.29) is 22.6 Å². The summed E-state index contributed by atoms with van der Waals surface area (Å²) in [5.41, 5.74) is -0.402. The second-order valence-electron chi connectivity index (χ2n) is 10.1. The van der Waals surface area contributed by atoms with Crippen LogP contribution in [0.25, 0.3) is 5.76 Å². The second kappa shape index (κ2) is 9.12. The number of aliphatic hydroxyl groups excluding tert-OH is 2. The Bertz CT molecular complexity index is 1660. The monoisotopic (exact) mass is 593 g/mol. The summed E-state index contributed by atoms with van der Waals surface area (Å²) in [6.45, 7) is 0. The number of hydrogen-bond acceptors (Lipinski definition) is 11. The molecular weight excluding hydrogens is 569 g/mol. The van der Waals surface area contributed by atoms with E-state index in [1.165, 1.54) is 36.5 Å². The molecule has 212 valence electrons. The van der Waals surface area contributed by atoms with E-state index in [2.05, 4.69) is 4.72 Å². The molecule has 0 bridgehead atoms. The number of nitrogens with zero attached hydrogens (tertiary/aromatic N) is 1. The quantitative estimate of drug-likeness (QED) is 0.214. The zero-order valence-corrected chi connectivity index (χ0v) is 22.6. The number of thiophene rings is 1. The van der Waals surface area contributed by atoms with Crippen LogP contribution in [0.15, 0.2) is 44.7 Å². The predicted octanol–water partition coefficient (Wildman–Crippen LogP) is 0.965. The Morgan fingerprint density at radius 2 is 1.93 bits per heavy atom. The SMILES string of the molecule is CN(C)[C@@H]1C(=O)C(C(N)=O)=C(O)[C@@]2(O)C(=O)C3=C(O)c4c(O)c(NS(=O)(=O)c5cccs5)cc(F)c4C[C@H]3C[C@@H]12. The van der Waals surface area contributed by atoms with Gasteiger partial charge in [0.05, 0.1) is 17.3 Å². The molecule has 7 N–H and O–H groups in total. The van der Waals surface area contributed by atoms with Gasteiger partial charge in [-0.3, -0.25) is 24.0 Å². The number of ketones is 2. The number of anilines is 1. The lowest BCUT2D eigenvalue weighted by Crippen LogP contribution is -2.65. The fourth-order valence-electron chi connectivity index (χ4n) is 5.96. The average Bonchev–Trinajstić information content (AvgIpc) is 3.40. The van der Waals surface area contributed by atoms with E-state index in [1.807, 2.05) is 0 Å². The third-order valence-electron chi connectivity index (χ3n) is 7.67. The van der Waals surface area contributed by atoms with Gasteiger partial charge in [-0.15, -0.1) is 11.3 Å². The van der Waals surface area contributed by atoms with Gasteiger partial charge < -0.3 is 26.2 Å². The van der Waals surface area contributed by atoms with Crippen molar-refractivity contribution in [2.75, 3.05) is 18.8 Å². The van der Waals surface area contributed by atoms with E-state index in [0.29, 0.717) is 0 Å². The van der Waals surface area contributed by atoms with E-state index >= 15 is 4.39 Å². The van der Waals surface area contributed by atoms with Gasteiger partial charge in [-0.1, -0.05) is 6.07 Å².